The monoisotopic (exact) mass is 1420 g/mol. The first kappa shape index (κ1) is 66.5. The highest BCUT2D eigenvalue weighted by Gasteiger charge is 2.25. The smallest absolute Gasteiger partial charge is 0.292 e. The van der Waals surface area contributed by atoms with Crippen LogP contribution in [-0.2, 0) is 24.4 Å². The van der Waals surface area contributed by atoms with E-state index in [1.807, 2.05) is 85.6 Å². The third kappa shape index (κ3) is 12.9. The number of fused-ring (bicyclic) bond motifs is 8. The Morgan fingerprint density at radius 3 is 1.48 bits per heavy atom. The van der Waals surface area contributed by atoms with E-state index < -0.39 is 0 Å². The molecule has 0 bridgehead atoms. The van der Waals surface area contributed by atoms with E-state index in [-0.39, 0.29) is 18.2 Å². The van der Waals surface area contributed by atoms with Gasteiger partial charge in [-0.05, 0) is 130 Å². The molecule has 17 aromatic rings. The van der Waals surface area contributed by atoms with Crippen molar-refractivity contribution in [1.82, 2.24) is 94.4 Å². The lowest BCUT2D eigenvalue weighted by Crippen LogP contribution is -2.37. The molecule has 11 N–H and O–H groups in total. The van der Waals surface area contributed by atoms with Gasteiger partial charge in [-0.1, -0.05) is 72.0 Å². The summed E-state index contributed by atoms with van der Waals surface area (Å²) in [6, 6.07) is 36.6. The summed E-state index contributed by atoms with van der Waals surface area (Å²) in [5.74, 6) is 3.32. The summed E-state index contributed by atoms with van der Waals surface area (Å²) in [5, 5.41) is 30.5. The molecule has 0 radical (unpaired) electrons. The minimum absolute atomic E-state index is 0.00377. The molecule has 526 valence electrons. The summed E-state index contributed by atoms with van der Waals surface area (Å²) in [6.45, 7) is 18.4. The van der Waals surface area contributed by atoms with Crippen molar-refractivity contribution < 1.29 is 18.6 Å². The van der Waals surface area contributed by atoms with Crippen molar-refractivity contribution in [2.45, 2.75) is 80.3 Å². The number of ether oxygens (including phenoxy) is 3. The molecule has 12 aromatic heterocycles. The topological polar surface area (TPSA) is 398 Å². The zero-order valence-corrected chi connectivity index (χ0v) is 59.1. The molecule has 30 heteroatoms. The van der Waals surface area contributed by atoms with Crippen LogP contribution < -0.4 is 43.0 Å². The van der Waals surface area contributed by atoms with Crippen LogP contribution in [0.5, 0.6) is 11.8 Å². The van der Waals surface area contributed by atoms with E-state index in [4.69, 9.17) is 77.5 Å². The average molecular weight is 1420 g/mol. The molecule has 0 spiro atoms. The molecule has 13 heterocycles. The van der Waals surface area contributed by atoms with E-state index in [0.29, 0.717) is 128 Å². The van der Waals surface area contributed by atoms with Gasteiger partial charge in [-0.2, -0.15) is 25.4 Å². The van der Waals surface area contributed by atoms with Crippen LogP contribution in [0.4, 0.5) is 34.4 Å². The van der Waals surface area contributed by atoms with Gasteiger partial charge in [0.15, 0.2) is 27.7 Å². The van der Waals surface area contributed by atoms with E-state index in [1.165, 1.54) is 35.9 Å². The largest absolute Gasteiger partial charge is 0.474 e. The standard InChI is InChI=1S/C27H25N9O2.C26H24N8OS.C22H22N8O/c1-15-3-2-4-16-11-18(32-26(21(15)16)35-7-9-37-10-8-35)13-36-25-22(24(28)30-14-31-25)23(34-36)17-5-6-20-19(12-17)33-27(29)38-20;1-13(2)35-25-20-14(3)5-4-6-15(20)9-17(31-25)11-34-24-21(23(27)29-12-30-24)22(33-34)16-7-8-18-19(10-16)36-26(28)32-18;1-12(2)31-22-17-13(3)5-4-6-14(17)7-16(28-22)10-30-21-18(20(23)24-11-25-21)19(29-30)15-8-26-27-9-15/h2-6,11-12,14H,7-10,13H2,1H3,(H2,29,33)(H2,28,30,31);4-10,12-13H,11H2,1-3H3,(H2,28,32)(H2,27,29,30);4-9,11-12H,10H2,1-3H3,(H,26,27)(H2,23,24,25). The van der Waals surface area contributed by atoms with Crippen LogP contribution in [0.15, 0.2) is 145 Å². The van der Waals surface area contributed by atoms with Crippen molar-refractivity contribution in [2.24, 2.45) is 0 Å². The fourth-order valence-electron chi connectivity index (χ4n) is 13.4. The number of aryl methyl sites for hydroxylation is 3. The number of hydrogen-bond acceptors (Lipinski definition) is 26. The molecule has 0 aliphatic carbocycles. The summed E-state index contributed by atoms with van der Waals surface area (Å²) in [6.07, 6.45) is 7.83. The number of nitrogens with two attached hydrogens (primary N) is 5. The van der Waals surface area contributed by atoms with Crippen LogP contribution in [0, 0.1) is 20.8 Å². The Labute approximate surface area is 602 Å². The normalized spacial score (nSPS) is 12.6. The Kier molecular flexibility index (Phi) is 17.3. The highest BCUT2D eigenvalue weighted by molar-refractivity contribution is 7.22. The van der Waals surface area contributed by atoms with E-state index in [0.717, 1.165) is 106 Å². The second kappa shape index (κ2) is 27.4. The maximum atomic E-state index is 6.34. The zero-order chi connectivity index (χ0) is 72.3. The molecule has 1 fully saturated rings. The molecule has 0 unspecified atom stereocenters. The van der Waals surface area contributed by atoms with Gasteiger partial charge in [0.1, 0.15) is 64.9 Å². The quantitative estimate of drug-likeness (QED) is 0.0589. The third-order valence-corrected chi connectivity index (χ3v) is 18.9. The number of anilines is 6. The van der Waals surface area contributed by atoms with Crippen molar-refractivity contribution in [1.29, 1.82) is 0 Å². The number of nitrogen functional groups attached to an aromatic ring is 5. The Morgan fingerprint density at radius 2 is 0.971 bits per heavy atom. The molecule has 0 amide bonds. The van der Waals surface area contributed by atoms with E-state index >= 15 is 0 Å². The number of nitrogens with one attached hydrogen (secondary N) is 1. The van der Waals surface area contributed by atoms with Crippen LogP contribution in [0.1, 0.15) is 61.5 Å². The second-order valence-electron chi connectivity index (χ2n) is 26.1. The van der Waals surface area contributed by atoms with Crippen LogP contribution >= 0.6 is 11.3 Å². The lowest BCUT2D eigenvalue weighted by atomic mass is 10.0. The number of pyridine rings is 3. The molecule has 18 rings (SSSR count). The van der Waals surface area contributed by atoms with Gasteiger partial charge in [0, 0.05) is 52.1 Å². The first-order chi connectivity index (χ1) is 50.9. The second-order valence-corrected chi connectivity index (χ2v) is 27.1. The van der Waals surface area contributed by atoms with Crippen molar-refractivity contribution in [3.63, 3.8) is 0 Å². The first-order valence-electron chi connectivity index (χ1n) is 34.0. The summed E-state index contributed by atoms with van der Waals surface area (Å²) in [7, 11) is 0. The highest BCUT2D eigenvalue weighted by Crippen LogP contribution is 2.39. The molecule has 0 atom stereocenters. The highest BCUT2D eigenvalue weighted by atomic mass is 32.1. The molecule has 105 heavy (non-hydrogen) atoms. The summed E-state index contributed by atoms with van der Waals surface area (Å²) in [5.41, 5.74) is 45.0. The van der Waals surface area contributed by atoms with Gasteiger partial charge in [0.25, 0.3) is 6.01 Å². The summed E-state index contributed by atoms with van der Waals surface area (Å²) >= 11 is 1.43. The zero-order valence-electron chi connectivity index (χ0n) is 58.3. The Balaban J connectivity index is 0.000000122. The number of morpholine rings is 1. The number of rotatable bonds is 14. The molecule has 5 aromatic carbocycles. The van der Waals surface area contributed by atoms with Crippen molar-refractivity contribution in [3.8, 4) is 45.5 Å². The molecular weight excluding hydrogens is 1350 g/mol. The Morgan fingerprint density at radius 1 is 0.495 bits per heavy atom. The predicted octanol–water partition coefficient (Wildman–Crippen LogP) is 12.0. The van der Waals surface area contributed by atoms with Crippen LogP contribution in [0.3, 0.4) is 0 Å². The number of oxazole rings is 1. The fraction of sp³-hybridized carbons (Fsp3) is 0.213. The maximum Gasteiger partial charge on any atom is 0.292 e. The van der Waals surface area contributed by atoms with Gasteiger partial charge in [-0.3, -0.25) is 5.10 Å². The van der Waals surface area contributed by atoms with E-state index in [2.05, 4.69) is 136 Å². The van der Waals surface area contributed by atoms with Crippen LogP contribution in [-0.4, -0.2) is 133 Å². The minimum atomic E-state index is -0.00377. The van der Waals surface area contributed by atoms with Gasteiger partial charge in [0.05, 0.1) is 94.7 Å². The Bertz CT molecular complexity index is 6170. The average Bonchev–Trinajstić information content (AvgIpc) is 1.66. The van der Waals surface area contributed by atoms with Gasteiger partial charge < -0.3 is 52.2 Å². The molecule has 0 saturated carbocycles. The molecule has 1 aliphatic heterocycles. The van der Waals surface area contributed by atoms with Gasteiger partial charge in [-0.25, -0.2) is 63.9 Å². The van der Waals surface area contributed by atoms with Crippen molar-refractivity contribution in [3.05, 3.63) is 174 Å². The minimum Gasteiger partial charge on any atom is -0.474 e. The number of thiazole rings is 1. The molecule has 1 saturated heterocycles. The SMILES string of the molecule is Cc1cccc2cc(Cn3nc(-c4ccc5nc(N)sc5c4)c4c(N)ncnc43)nc(OC(C)C)c12.Cc1cccc2cc(Cn3nc(-c4ccc5oc(N)nc5c4)c4c(N)ncnc43)nc(N3CCOCC3)c12.Cc1cccc2cc(Cn3nc(-c4cn[nH]c4)c4c(N)ncnc43)nc(OC(C)C)c12. The number of aromatic amines is 1. The Hall–Kier alpha value is -13.1. The van der Waals surface area contributed by atoms with Gasteiger partial charge >= 0.3 is 0 Å². The van der Waals surface area contributed by atoms with Crippen molar-refractivity contribution in [2.75, 3.05) is 59.9 Å². The number of nitrogens with zero attached hydrogens (tertiary/aromatic N) is 19. The lowest BCUT2D eigenvalue weighted by Gasteiger charge is -2.29. The molecular formula is C75H71N25O4S. The maximum absolute atomic E-state index is 6.34. The van der Waals surface area contributed by atoms with Gasteiger partial charge in [0.2, 0.25) is 11.8 Å². The predicted molar refractivity (Wildman–Crippen MR) is 409 cm³/mol. The van der Waals surface area contributed by atoms with Crippen LogP contribution in [0.25, 0.3) is 121 Å². The fourth-order valence-corrected chi connectivity index (χ4v) is 14.2. The third-order valence-electron chi connectivity index (χ3n) is 18.0. The summed E-state index contributed by atoms with van der Waals surface area (Å²) in [4.78, 5) is 51.8. The number of hydrogen-bond donors (Lipinski definition) is 6. The first-order valence-corrected chi connectivity index (χ1v) is 34.8. The number of benzene rings is 5. The van der Waals surface area contributed by atoms with E-state index in [1.54, 1.807) is 17.1 Å². The van der Waals surface area contributed by atoms with E-state index in [9.17, 15) is 0 Å². The molecule has 1 aliphatic rings. The van der Waals surface area contributed by atoms with Crippen molar-refractivity contribution >= 4 is 132 Å². The van der Waals surface area contributed by atoms with Gasteiger partial charge in [-0.15, -0.1) is 0 Å². The number of aromatic nitrogens is 19. The number of H-pyrrole nitrogens is 1. The molecule has 29 nitrogen and oxygen atoms in total. The van der Waals surface area contributed by atoms with Crippen LogP contribution in [0.2, 0.25) is 0 Å². The summed E-state index contributed by atoms with van der Waals surface area (Å²) < 4.78 is 29.6. The lowest BCUT2D eigenvalue weighted by molar-refractivity contribution is 0.122.